The summed E-state index contributed by atoms with van der Waals surface area (Å²) in [6, 6.07) is 0. The second-order valence-electron chi connectivity index (χ2n) is 4.57. The summed E-state index contributed by atoms with van der Waals surface area (Å²) in [5, 5.41) is 8.91. The number of rotatable bonds is 6. The number of hydrogen-bond donors (Lipinski definition) is 1. The Morgan fingerprint density at radius 1 is 1.20 bits per heavy atom. The topological polar surface area (TPSA) is 72.8 Å². The lowest BCUT2D eigenvalue weighted by Gasteiger charge is -2.29. The minimum atomic E-state index is -1.42. The van der Waals surface area contributed by atoms with Crippen LogP contribution in [0.5, 0.6) is 0 Å². The van der Waals surface area contributed by atoms with Crippen molar-refractivity contribution in [2.75, 3.05) is 13.7 Å². The number of Topliss-reactive ketones (excluding diaryl/α,β-unsaturated/α-hetero) is 1. The van der Waals surface area contributed by atoms with Crippen LogP contribution in [0.15, 0.2) is 0 Å². The molecule has 0 aliphatic carbocycles. The van der Waals surface area contributed by atoms with Crippen molar-refractivity contribution >= 4 is 11.8 Å². The third-order valence-electron chi connectivity index (χ3n) is 2.25. The van der Waals surface area contributed by atoms with E-state index >= 15 is 0 Å². The maximum atomic E-state index is 11.9. The summed E-state index contributed by atoms with van der Waals surface area (Å²) < 4.78 is 0. The highest BCUT2D eigenvalue weighted by atomic mass is 17.2. The summed E-state index contributed by atoms with van der Waals surface area (Å²) in [4.78, 5) is 31.9. The largest absolute Gasteiger partial charge is 0.481 e. The van der Waals surface area contributed by atoms with Crippen molar-refractivity contribution in [3.8, 4) is 0 Å². The Morgan fingerprint density at radius 3 is 2.00 bits per heavy atom. The summed E-state index contributed by atoms with van der Waals surface area (Å²) in [5.41, 5.74) is -2.31. The van der Waals surface area contributed by atoms with Crippen LogP contribution in [-0.4, -0.2) is 30.6 Å². The molecule has 0 aromatic carbocycles. The molecule has 0 aliphatic heterocycles. The molecule has 0 saturated carbocycles. The molecule has 5 nitrogen and oxygen atoms in total. The molecule has 88 valence electrons. The molecule has 0 unspecified atom stereocenters. The molecule has 15 heavy (non-hydrogen) atoms. The van der Waals surface area contributed by atoms with Gasteiger partial charge in [-0.15, -0.1) is 0 Å². The minimum absolute atomic E-state index is 0.0268. The quantitative estimate of drug-likeness (QED) is 0.413. The zero-order valence-corrected chi connectivity index (χ0v) is 9.79. The van der Waals surface area contributed by atoms with Gasteiger partial charge < -0.3 is 5.11 Å². The first-order valence-electron chi connectivity index (χ1n) is 4.60. The number of carbonyl (C=O) groups is 2. The van der Waals surface area contributed by atoms with Crippen LogP contribution in [0.25, 0.3) is 0 Å². The summed E-state index contributed by atoms with van der Waals surface area (Å²) in [6.45, 7) is 6.04. The van der Waals surface area contributed by atoms with E-state index in [9.17, 15) is 9.59 Å². The first kappa shape index (κ1) is 14.1. The fourth-order valence-electron chi connectivity index (χ4n) is 1.21. The van der Waals surface area contributed by atoms with Gasteiger partial charge in [0.05, 0.1) is 19.1 Å². The SMILES string of the molecule is COOCC(C)(C)C(=O)C(C)(C)C(=O)O. The van der Waals surface area contributed by atoms with Gasteiger partial charge in [-0.05, 0) is 13.8 Å². The molecule has 0 radical (unpaired) electrons. The van der Waals surface area contributed by atoms with Crippen molar-refractivity contribution in [1.29, 1.82) is 0 Å². The lowest BCUT2D eigenvalue weighted by atomic mass is 9.74. The van der Waals surface area contributed by atoms with Crippen LogP contribution < -0.4 is 0 Å². The number of carboxylic acids is 1. The van der Waals surface area contributed by atoms with Gasteiger partial charge in [0.2, 0.25) is 0 Å². The summed E-state index contributed by atoms with van der Waals surface area (Å²) in [5.74, 6) is -1.53. The van der Waals surface area contributed by atoms with Crippen molar-refractivity contribution in [1.82, 2.24) is 0 Å². The van der Waals surface area contributed by atoms with Crippen LogP contribution >= 0.6 is 0 Å². The van der Waals surface area contributed by atoms with Gasteiger partial charge in [0.1, 0.15) is 5.41 Å². The van der Waals surface area contributed by atoms with Gasteiger partial charge in [-0.25, -0.2) is 9.78 Å². The third kappa shape index (κ3) is 3.28. The molecule has 0 bridgehead atoms. The van der Waals surface area contributed by atoms with Crippen LogP contribution in [0.3, 0.4) is 0 Å². The highest BCUT2D eigenvalue weighted by Crippen LogP contribution is 2.30. The van der Waals surface area contributed by atoms with Crippen molar-refractivity contribution in [2.24, 2.45) is 10.8 Å². The molecular formula is C10H18O5. The van der Waals surface area contributed by atoms with Crippen LogP contribution in [0, 0.1) is 10.8 Å². The predicted octanol–water partition coefficient (Wildman–Crippen LogP) is 1.27. The average Bonchev–Trinajstić information content (AvgIpc) is 2.13. The fraction of sp³-hybridized carbons (Fsp3) is 0.800. The fourth-order valence-corrected chi connectivity index (χ4v) is 1.21. The Kier molecular flexibility index (Phi) is 4.42. The smallest absolute Gasteiger partial charge is 0.316 e. The molecule has 0 aromatic heterocycles. The Balaban J connectivity index is 4.75. The molecule has 0 aliphatic rings. The molecule has 0 fully saturated rings. The average molecular weight is 218 g/mol. The van der Waals surface area contributed by atoms with E-state index in [1.807, 2.05) is 0 Å². The zero-order chi connectivity index (χ0) is 12.3. The number of carboxylic acid groups (broad SMARTS) is 1. The summed E-state index contributed by atoms with van der Waals surface area (Å²) in [6.07, 6.45) is 0. The first-order valence-corrected chi connectivity index (χ1v) is 4.60. The zero-order valence-electron chi connectivity index (χ0n) is 9.79. The van der Waals surface area contributed by atoms with Gasteiger partial charge >= 0.3 is 5.97 Å². The van der Waals surface area contributed by atoms with Crippen molar-refractivity contribution < 1.29 is 24.5 Å². The molecular weight excluding hydrogens is 200 g/mol. The molecule has 0 aromatic rings. The van der Waals surface area contributed by atoms with Gasteiger partial charge in [-0.3, -0.25) is 9.59 Å². The highest BCUT2D eigenvalue weighted by Gasteiger charge is 2.44. The predicted molar refractivity (Wildman–Crippen MR) is 53.2 cm³/mol. The van der Waals surface area contributed by atoms with E-state index in [0.717, 1.165) is 0 Å². The van der Waals surface area contributed by atoms with Crippen molar-refractivity contribution in [3.63, 3.8) is 0 Å². The molecule has 0 amide bonds. The number of aliphatic carboxylic acids is 1. The molecule has 0 rings (SSSR count). The lowest BCUT2D eigenvalue weighted by Crippen LogP contribution is -2.44. The molecule has 5 heteroatoms. The standard InChI is InChI=1S/C10H18O5/c1-9(2,6-15-14-5)7(11)10(3,4)8(12)13/h6H2,1-5H3,(H,12,13). The summed E-state index contributed by atoms with van der Waals surface area (Å²) in [7, 11) is 1.34. The monoisotopic (exact) mass is 218 g/mol. The third-order valence-corrected chi connectivity index (χ3v) is 2.25. The van der Waals surface area contributed by atoms with E-state index in [0.29, 0.717) is 0 Å². The van der Waals surface area contributed by atoms with E-state index in [1.54, 1.807) is 13.8 Å². The lowest BCUT2D eigenvalue weighted by molar-refractivity contribution is -0.285. The van der Waals surface area contributed by atoms with E-state index in [4.69, 9.17) is 5.11 Å². The van der Waals surface area contributed by atoms with Crippen LogP contribution in [-0.2, 0) is 19.4 Å². The maximum Gasteiger partial charge on any atom is 0.316 e. The summed E-state index contributed by atoms with van der Waals surface area (Å²) >= 11 is 0. The van der Waals surface area contributed by atoms with Gasteiger partial charge in [0.15, 0.2) is 5.78 Å². The van der Waals surface area contributed by atoms with Crippen LogP contribution in [0.4, 0.5) is 0 Å². The normalized spacial score (nSPS) is 12.6. The number of hydrogen-bond acceptors (Lipinski definition) is 4. The number of carbonyl (C=O) groups excluding carboxylic acids is 1. The Bertz CT molecular complexity index is 255. The number of ketones is 1. The Labute approximate surface area is 89.3 Å². The Hall–Kier alpha value is -0.940. The van der Waals surface area contributed by atoms with E-state index in [1.165, 1.54) is 21.0 Å². The second-order valence-corrected chi connectivity index (χ2v) is 4.57. The van der Waals surface area contributed by atoms with Crippen LogP contribution in [0.2, 0.25) is 0 Å². The van der Waals surface area contributed by atoms with Gasteiger partial charge in [0, 0.05) is 0 Å². The van der Waals surface area contributed by atoms with Crippen molar-refractivity contribution in [3.05, 3.63) is 0 Å². The van der Waals surface area contributed by atoms with Gasteiger partial charge in [-0.1, -0.05) is 13.8 Å². The van der Waals surface area contributed by atoms with E-state index < -0.39 is 16.8 Å². The molecule has 1 N–H and O–H groups in total. The van der Waals surface area contributed by atoms with Crippen molar-refractivity contribution in [2.45, 2.75) is 27.7 Å². The Morgan fingerprint density at radius 2 is 1.67 bits per heavy atom. The van der Waals surface area contributed by atoms with E-state index in [2.05, 4.69) is 9.78 Å². The molecule has 0 saturated heterocycles. The van der Waals surface area contributed by atoms with Gasteiger partial charge in [0.25, 0.3) is 0 Å². The first-order chi connectivity index (χ1) is 6.66. The second kappa shape index (κ2) is 4.72. The minimum Gasteiger partial charge on any atom is -0.481 e. The van der Waals surface area contributed by atoms with Crippen LogP contribution in [0.1, 0.15) is 27.7 Å². The molecule has 0 atom stereocenters. The molecule has 0 heterocycles. The van der Waals surface area contributed by atoms with Gasteiger partial charge in [-0.2, -0.15) is 0 Å². The molecule has 0 spiro atoms. The maximum absolute atomic E-state index is 11.9. The van der Waals surface area contributed by atoms with E-state index in [-0.39, 0.29) is 12.4 Å². The highest BCUT2D eigenvalue weighted by molar-refractivity contribution is 6.04.